The second-order valence-corrected chi connectivity index (χ2v) is 10.5. The van der Waals surface area contributed by atoms with E-state index >= 15 is 0 Å². The summed E-state index contributed by atoms with van der Waals surface area (Å²) < 4.78 is 6.10. The van der Waals surface area contributed by atoms with Gasteiger partial charge in [-0.1, -0.05) is 24.4 Å². The highest BCUT2D eigenvalue weighted by Gasteiger charge is 2.50. The zero-order valence-corrected chi connectivity index (χ0v) is 17.5. The van der Waals surface area contributed by atoms with Crippen molar-refractivity contribution < 1.29 is 4.52 Å². The lowest BCUT2D eigenvalue weighted by Crippen LogP contribution is -2.47. The van der Waals surface area contributed by atoms with Crippen LogP contribution in [0.1, 0.15) is 100 Å². The number of rotatable bonds is 3. The van der Waals surface area contributed by atoms with Crippen LogP contribution in [0.5, 0.6) is 0 Å². The van der Waals surface area contributed by atoms with Crippen molar-refractivity contribution in [2.24, 2.45) is 11.8 Å². The highest BCUT2D eigenvalue weighted by atomic mass is 35.5. The molecule has 4 fully saturated rings. The minimum atomic E-state index is 0.408. The van der Waals surface area contributed by atoms with Gasteiger partial charge in [0.15, 0.2) is 0 Å². The Bertz CT molecular complexity index is 632. The van der Waals surface area contributed by atoms with E-state index in [1.54, 1.807) is 0 Å². The molecule has 2 saturated heterocycles. The van der Waals surface area contributed by atoms with E-state index in [0.717, 1.165) is 17.9 Å². The molecule has 3 heterocycles. The van der Waals surface area contributed by atoms with Crippen molar-refractivity contribution in [1.82, 2.24) is 10.1 Å². The average Bonchev–Trinajstić information content (AvgIpc) is 3.26. The van der Waals surface area contributed by atoms with E-state index < -0.39 is 0 Å². The number of likely N-dealkylation sites (N-methyl/N-ethyl adjacent to an activating group) is 1. The van der Waals surface area contributed by atoms with Gasteiger partial charge in [-0.25, -0.2) is 0 Å². The largest absolute Gasteiger partial charge is 0.361 e. The zero-order valence-electron chi connectivity index (χ0n) is 16.8. The lowest BCUT2D eigenvalue weighted by Gasteiger charge is -2.46. The molecule has 4 atom stereocenters. The maximum Gasteiger partial charge on any atom is 0.141 e. The fraction of sp³-hybridized carbons (Fsp3) is 0.870. The van der Waals surface area contributed by atoms with E-state index in [9.17, 15) is 0 Å². The predicted molar refractivity (Wildman–Crippen MR) is 109 cm³/mol. The van der Waals surface area contributed by atoms with Crippen molar-refractivity contribution in [3.8, 4) is 0 Å². The maximum absolute atomic E-state index is 6.42. The number of hydrogen-bond donors (Lipinski definition) is 0. The monoisotopic (exact) mass is 390 g/mol. The Labute approximate surface area is 169 Å². The summed E-state index contributed by atoms with van der Waals surface area (Å²) in [5.41, 5.74) is 1.25. The van der Waals surface area contributed by atoms with Crippen molar-refractivity contribution in [1.29, 1.82) is 0 Å². The van der Waals surface area contributed by atoms with Gasteiger partial charge in [0.2, 0.25) is 0 Å². The second-order valence-electron chi connectivity index (χ2n) is 9.89. The fourth-order valence-electron chi connectivity index (χ4n) is 6.95. The topological polar surface area (TPSA) is 29.3 Å². The van der Waals surface area contributed by atoms with Gasteiger partial charge in [0.05, 0.1) is 5.69 Å². The van der Waals surface area contributed by atoms with Gasteiger partial charge in [-0.05, 0) is 76.7 Å². The van der Waals surface area contributed by atoms with E-state index in [1.807, 2.05) is 0 Å². The molecule has 2 bridgehead atoms. The minimum Gasteiger partial charge on any atom is -0.361 e. The van der Waals surface area contributed by atoms with Gasteiger partial charge in [-0.15, -0.1) is 11.6 Å². The van der Waals surface area contributed by atoms with Crippen LogP contribution in [0.2, 0.25) is 0 Å². The molecule has 3 nitrogen and oxygen atoms in total. The van der Waals surface area contributed by atoms with E-state index in [1.165, 1.54) is 88.5 Å². The molecule has 0 radical (unpaired) electrons. The quantitative estimate of drug-likeness (QED) is 0.585. The molecule has 4 aliphatic rings. The van der Waals surface area contributed by atoms with Crippen molar-refractivity contribution in [2.75, 3.05) is 7.05 Å². The normalized spacial score (nSPS) is 41.1. The van der Waals surface area contributed by atoms with Crippen LogP contribution in [-0.2, 0) is 0 Å². The number of hydrogen-bond acceptors (Lipinski definition) is 3. The summed E-state index contributed by atoms with van der Waals surface area (Å²) in [5.74, 6) is 3.96. The third-order valence-corrected chi connectivity index (χ3v) is 8.96. The van der Waals surface area contributed by atoms with Crippen LogP contribution in [0.25, 0.3) is 0 Å². The molecular formula is C23H35ClN2O. The predicted octanol–water partition coefficient (Wildman–Crippen LogP) is 6.09. The molecule has 0 aromatic carbocycles. The third-order valence-electron chi connectivity index (χ3n) is 8.52. The maximum atomic E-state index is 6.42. The summed E-state index contributed by atoms with van der Waals surface area (Å²) in [6.07, 6.45) is 15.7. The minimum absolute atomic E-state index is 0.408. The molecule has 2 aliphatic heterocycles. The zero-order chi connectivity index (χ0) is 18.4. The van der Waals surface area contributed by atoms with Gasteiger partial charge in [-0.2, -0.15) is 0 Å². The first-order chi connectivity index (χ1) is 13.2. The van der Waals surface area contributed by atoms with Crippen molar-refractivity contribution in [3.63, 3.8) is 0 Å². The summed E-state index contributed by atoms with van der Waals surface area (Å²) in [5, 5.41) is 5.01. The first-order valence-corrected chi connectivity index (χ1v) is 12.0. The molecule has 1 aromatic heterocycles. The van der Waals surface area contributed by atoms with Crippen LogP contribution in [0.3, 0.4) is 0 Å². The van der Waals surface area contributed by atoms with E-state index in [4.69, 9.17) is 16.1 Å². The molecule has 2 unspecified atom stereocenters. The smallest absolute Gasteiger partial charge is 0.141 e. The number of halogens is 1. The Balaban J connectivity index is 1.41. The molecule has 150 valence electrons. The van der Waals surface area contributed by atoms with Crippen LogP contribution in [0.15, 0.2) is 10.6 Å². The summed E-state index contributed by atoms with van der Waals surface area (Å²) in [7, 11) is 2.35. The summed E-state index contributed by atoms with van der Waals surface area (Å²) in [6.45, 7) is 0. The van der Waals surface area contributed by atoms with Gasteiger partial charge < -0.3 is 4.52 Å². The van der Waals surface area contributed by atoms with Crippen LogP contribution in [0, 0.1) is 11.8 Å². The van der Waals surface area contributed by atoms with Gasteiger partial charge >= 0.3 is 0 Å². The fourth-order valence-corrected chi connectivity index (χ4v) is 7.20. The highest BCUT2D eigenvalue weighted by Crippen LogP contribution is 2.52. The molecule has 0 spiro atoms. The van der Waals surface area contributed by atoms with Crippen LogP contribution in [0.4, 0.5) is 0 Å². The van der Waals surface area contributed by atoms with Crippen molar-refractivity contribution >= 4 is 11.6 Å². The third kappa shape index (κ3) is 3.48. The van der Waals surface area contributed by atoms with Gasteiger partial charge in [-0.3, -0.25) is 4.90 Å². The average molecular weight is 391 g/mol. The van der Waals surface area contributed by atoms with Crippen molar-refractivity contribution in [2.45, 2.75) is 106 Å². The summed E-state index contributed by atoms with van der Waals surface area (Å²) in [6, 6.07) is 3.80. The molecule has 5 rings (SSSR count). The number of fused-ring (bicyclic) bond motifs is 2. The number of nitrogens with zero attached hydrogens (tertiary/aromatic N) is 2. The first kappa shape index (κ1) is 18.5. The van der Waals surface area contributed by atoms with Gasteiger partial charge in [0.1, 0.15) is 5.76 Å². The van der Waals surface area contributed by atoms with Crippen LogP contribution >= 0.6 is 11.6 Å². The van der Waals surface area contributed by atoms with E-state index in [-0.39, 0.29) is 0 Å². The Morgan fingerprint density at radius 3 is 2.56 bits per heavy atom. The SMILES string of the molecule is CN1C2CC[C@@H]1C[C@H](C1CCC(Cl)CC1)C2c1cc(C2CCCCC2)no1. The van der Waals surface area contributed by atoms with E-state index in [2.05, 4.69) is 23.2 Å². The van der Waals surface area contributed by atoms with Crippen LogP contribution in [-0.4, -0.2) is 34.6 Å². The van der Waals surface area contributed by atoms with Crippen molar-refractivity contribution in [3.05, 3.63) is 17.5 Å². The Morgan fingerprint density at radius 1 is 1.00 bits per heavy atom. The molecule has 27 heavy (non-hydrogen) atoms. The van der Waals surface area contributed by atoms with Gasteiger partial charge in [0.25, 0.3) is 0 Å². The Morgan fingerprint density at radius 2 is 1.78 bits per heavy atom. The molecule has 1 aromatic rings. The molecule has 2 aliphatic carbocycles. The van der Waals surface area contributed by atoms with Crippen LogP contribution < -0.4 is 0 Å². The summed E-state index contributed by atoms with van der Waals surface area (Å²) >= 11 is 6.42. The first-order valence-electron chi connectivity index (χ1n) is 11.5. The Kier molecular flexibility index (Phi) is 5.28. The highest BCUT2D eigenvalue weighted by molar-refractivity contribution is 6.20. The standard InChI is InChI=1S/C23H35ClN2O/c1-26-18-11-12-21(26)23(19(13-18)15-7-9-17(24)10-8-15)22-14-20(25-27-22)16-5-3-2-4-6-16/h14-19,21,23H,2-13H2,1H3/t15?,17?,18-,19-,21?,23?/m1/s1. The van der Waals surface area contributed by atoms with E-state index in [0.29, 0.717) is 23.3 Å². The molecule has 4 heteroatoms. The number of piperidine rings is 1. The Hall–Kier alpha value is -0.540. The second kappa shape index (κ2) is 7.71. The molecule has 2 saturated carbocycles. The molecule has 0 amide bonds. The molecule has 0 N–H and O–H groups in total. The molecular weight excluding hydrogens is 356 g/mol. The lowest BCUT2D eigenvalue weighted by molar-refractivity contribution is 0.0519. The lowest BCUT2D eigenvalue weighted by atomic mass is 9.67. The summed E-state index contributed by atoms with van der Waals surface area (Å²) in [4.78, 5) is 2.66. The number of alkyl halides is 1. The van der Waals surface area contributed by atoms with Gasteiger partial charge in [0, 0.05) is 35.4 Å². The number of aromatic nitrogens is 1.